The number of anilines is 2. The average Bonchev–Trinajstić information content (AvgIpc) is 3.48. The molecule has 1 fully saturated rings. The van der Waals surface area contributed by atoms with Gasteiger partial charge in [0.25, 0.3) is 5.91 Å². The highest BCUT2D eigenvalue weighted by Gasteiger charge is 2.29. The van der Waals surface area contributed by atoms with Gasteiger partial charge in [-0.05, 0) is 55.2 Å². The summed E-state index contributed by atoms with van der Waals surface area (Å²) in [5, 5.41) is 0. The first-order valence-electron chi connectivity index (χ1n) is 11.7. The number of rotatable bonds is 4. The zero-order valence-electron chi connectivity index (χ0n) is 19.3. The van der Waals surface area contributed by atoms with Crippen molar-refractivity contribution in [3.05, 3.63) is 70.7 Å². The zero-order valence-corrected chi connectivity index (χ0v) is 19.3. The monoisotopic (exact) mass is 471 g/mol. The Morgan fingerprint density at radius 2 is 1.94 bits per heavy atom. The van der Waals surface area contributed by atoms with Crippen molar-refractivity contribution in [1.82, 2.24) is 24.5 Å². The lowest BCUT2D eigenvalue weighted by molar-refractivity contribution is 0.0984. The van der Waals surface area contributed by atoms with E-state index < -0.39 is 0 Å². The smallest absolute Gasteiger partial charge is 0.327 e. The summed E-state index contributed by atoms with van der Waals surface area (Å²) in [5.74, 6) is 1.38. The average molecular weight is 472 g/mol. The molecular weight excluding hydrogens is 446 g/mol. The number of hydrogen-bond donors (Lipinski definition) is 1. The Morgan fingerprint density at radius 1 is 1.09 bits per heavy atom. The summed E-state index contributed by atoms with van der Waals surface area (Å²) in [6, 6.07) is 11.4. The van der Waals surface area contributed by atoms with E-state index in [1.165, 1.54) is 6.33 Å². The number of benzene rings is 1. The second kappa shape index (κ2) is 8.53. The van der Waals surface area contributed by atoms with E-state index >= 15 is 0 Å². The molecule has 3 aromatic heterocycles. The van der Waals surface area contributed by atoms with Crippen LogP contribution in [-0.2, 0) is 6.42 Å². The number of nitrogens with one attached hydrogen (secondary N) is 1. The first-order chi connectivity index (χ1) is 17.1. The molecule has 5 heterocycles. The van der Waals surface area contributed by atoms with Gasteiger partial charge in [0.1, 0.15) is 23.6 Å². The van der Waals surface area contributed by atoms with Crippen molar-refractivity contribution in [2.24, 2.45) is 0 Å². The first-order valence-corrected chi connectivity index (χ1v) is 11.7. The fraction of sp³-hybridized carbons (Fsp3) is 0.320. The number of fused-ring (bicyclic) bond motifs is 2. The number of carbonyl (C=O) groups is 1. The molecule has 178 valence electrons. The van der Waals surface area contributed by atoms with Crippen molar-refractivity contribution in [2.45, 2.75) is 25.3 Å². The molecule has 6 rings (SSSR count). The second-order valence-electron chi connectivity index (χ2n) is 8.85. The van der Waals surface area contributed by atoms with Gasteiger partial charge in [0.15, 0.2) is 5.65 Å². The fourth-order valence-electron chi connectivity index (χ4n) is 5.17. The Bertz CT molecular complexity index is 1470. The maximum Gasteiger partial charge on any atom is 0.327 e. The fourth-order valence-corrected chi connectivity index (χ4v) is 5.17. The van der Waals surface area contributed by atoms with Gasteiger partial charge in [-0.25, -0.2) is 19.7 Å². The molecule has 10 nitrogen and oxygen atoms in total. The predicted octanol–water partition coefficient (Wildman–Crippen LogP) is 2.57. The largest absolute Gasteiger partial charge is 0.497 e. The van der Waals surface area contributed by atoms with Gasteiger partial charge in [-0.1, -0.05) is 0 Å². The number of piperidine rings is 1. The number of amides is 1. The minimum Gasteiger partial charge on any atom is -0.497 e. The number of carbonyl (C=O) groups excluding carboxylic acids is 1. The highest BCUT2D eigenvalue weighted by molar-refractivity contribution is 6.06. The lowest BCUT2D eigenvalue weighted by atomic mass is 10.0. The van der Waals surface area contributed by atoms with Crippen molar-refractivity contribution < 1.29 is 9.53 Å². The molecule has 2 aliphatic heterocycles. The van der Waals surface area contributed by atoms with E-state index in [0.717, 1.165) is 60.7 Å². The van der Waals surface area contributed by atoms with Crippen molar-refractivity contribution >= 4 is 28.6 Å². The molecule has 4 aromatic rings. The Kier molecular flexibility index (Phi) is 5.20. The summed E-state index contributed by atoms with van der Waals surface area (Å²) in [4.78, 5) is 45.6. The Balaban J connectivity index is 1.18. The van der Waals surface area contributed by atoms with E-state index in [4.69, 9.17) is 4.74 Å². The number of H-pyrrole nitrogens is 1. The molecule has 1 N–H and O–H groups in total. The molecule has 0 bridgehead atoms. The van der Waals surface area contributed by atoms with Gasteiger partial charge in [-0.2, -0.15) is 0 Å². The van der Waals surface area contributed by atoms with Gasteiger partial charge in [-0.3, -0.25) is 14.3 Å². The molecule has 0 spiro atoms. The summed E-state index contributed by atoms with van der Waals surface area (Å²) in [5.41, 5.74) is 3.68. The van der Waals surface area contributed by atoms with Crippen LogP contribution in [0.2, 0.25) is 0 Å². The summed E-state index contributed by atoms with van der Waals surface area (Å²) in [6.45, 7) is 2.06. The van der Waals surface area contributed by atoms with Gasteiger partial charge in [0.05, 0.1) is 12.6 Å². The van der Waals surface area contributed by atoms with Crippen LogP contribution in [0.1, 0.15) is 34.9 Å². The zero-order chi connectivity index (χ0) is 23.9. The lowest BCUT2D eigenvalue weighted by Gasteiger charge is -2.33. The van der Waals surface area contributed by atoms with Crippen molar-refractivity contribution in [3.63, 3.8) is 0 Å². The Labute approximate surface area is 201 Å². The van der Waals surface area contributed by atoms with Crippen molar-refractivity contribution in [1.29, 1.82) is 0 Å². The maximum absolute atomic E-state index is 13.3. The van der Waals surface area contributed by atoms with E-state index in [0.29, 0.717) is 17.9 Å². The van der Waals surface area contributed by atoms with Crippen LogP contribution in [0.4, 0.5) is 11.5 Å². The summed E-state index contributed by atoms with van der Waals surface area (Å²) < 4.78 is 7.12. The SMILES string of the molecule is COc1ccc2c(c1)CCN2C(=O)c1cc(N2CCC(n3c(=O)[nH]c4ncccc43)CC2)ncn1. The highest BCUT2D eigenvalue weighted by Crippen LogP contribution is 2.33. The second-order valence-corrected chi connectivity index (χ2v) is 8.85. The normalized spacial score (nSPS) is 16.0. The summed E-state index contributed by atoms with van der Waals surface area (Å²) in [6.07, 6.45) is 5.49. The van der Waals surface area contributed by atoms with E-state index in [-0.39, 0.29) is 17.6 Å². The van der Waals surface area contributed by atoms with E-state index in [1.807, 2.05) is 34.9 Å². The standard InChI is InChI=1S/C25H25N7O3/c1-35-18-4-5-20-16(13-18)6-12-31(20)24(33)19-14-22(28-15-27-19)30-10-7-17(8-11-30)32-21-3-2-9-26-23(21)29-25(32)34/h2-5,9,13-15,17H,6-8,10-12H2,1H3,(H,26,29,34). The number of hydrogen-bond acceptors (Lipinski definition) is 7. The highest BCUT2D eigenvalue weighted by atomic mass is 16.5. The molecule has 0 atom stereocenters. The van der Waals surface area contributed by atoms with Crippen LogP contribution in [0.25, 0.3) is 11.2 Å². The third kappa shape index (κ3) is 3.71. The number of ether oxygens (including phenoxy) is 1. The molecule has 2 aliphatic rings. The lowest BCUT2D eigenvalue weighted by Crippen LogP contribution is -2.37. The minimum atomic E-state index is -0.134. The molecule has 1 aromatic carbocycles. The van der Waals surface area contributed by atoms with E-state index in [1.54, 1.807) is 24.3 Å². The van der Waals surface area contributed by atoms with Gasteiger partial charge >= 0.3 is 5.69 Å². The van der Waals surface area contributed by atoms with Crippen LogP contribution < -0.4 is 20.2 Å². The summed E-state index contributed by atoms with van der Waals surface area (Å²) >= 11 is 0. The molecule has 1 saturated heterocycles. The van der Waals surface area contributed by atoms with Gasteiger partial charge in [0, 0.05) is 43.6 Å². The molecular formula is C25H25N7O3. The molecule has 1 amide bonds. The topological polar surface area (TPSA) is 109 Å². The summed E-state index contributed by atoms with van der Waals surface area (Å²) in [7, 11) is 1.64. The van der Waals surface area contributed by atoms with Crippen LogP contribution in [-0.4, -0.2) is 57.2 Å². The third-order valence-corrected chi connectivity index (χ3v) is 6.94. The van der Waals surface area contributed by atoms with Gasteiger partial charge < -0.3 is 14.5 Å². The minimum absolute atomic E-state index is 0.0812. The Morgan fingerprint density at radius 3 is 2.77 bits per heavy atom. The number of pyridine rings is 1. The predicted molar refractivity (Wildman–Crippen MR) is 131 cm³/mol. The number of aromatic amines is 1. The molecule has 0 radical (unpaired) electrons. The number of methoxy groups -OCH3 is 1. The van der Waals surface area contributed by atoms with Crippen LogP contribution in [0.3, 0.4) is 0 Å². The van der Waals surface area contributed by atoms with Crippen molar-refractivity contribution in [2.75, 3.05) is 36.5 Å². The molecule has 0 unspecified atom stereocenters. The van der Waals surface area contributed by atoms with Crippen LogP contribution in [0, 0.1) is 0 Å². The molecule has 0 aliphatic carbocycles. The quantitative estimate of drug-likeness (QED) is 0.487. The Hall–Kier alpha value is -4.21. The number of imidazole rings is 1. The first kappa shape index (κ1) is 21.3. The number of aromatic nitrogens is 5. The number of nitrogens with zero attached hydrogens (tertiary/aromatic N) is 6. The van der Waals surface area contributed by atoms with Crippen molar-refractivity contribution in [3.8, 4) is 5.75 Å². The van der Waals surface area contributed by atoms with E-state index in [9.17, 15) is 9.59 Å². The molecule has 35 heavy (non-hydrogen) atoms. The van der Waals surface area contributed by atoms with Gasteiger partial charge in [0.2, 0.25) is 0 Å². The maximum atomic E-state index is 13.3. The van der Waals surface area contributed by atoms with Gasteiger partial charge in [-0.15, -0.1) is 0 Å². The van der Waals surface area contributed by atoms with Crippen LogP contribution >= 0.6 is 0 Å². The van der Waals surface area contributed by atoms with Crippen LogP contribution in [0.5, 0.6) is 5.75 Å². The van der Waals surface area contributed by atoms with E-state index in [2.05, 4.69) is 24.8 Å². The third-order valence-electron chi connectivity index (χ3n) is 6.94. The van der Waals surface area contributed by atoms with Crippen LogP contribution in [0.15, 0.2) is 53.7 Å². The molecule has 0 saturated carbocycles. The molecule has 10 heteroatoms.